The Morgan fingerprint density at radius 1 is 1.37 bits per heavy atom. The number of nitrogens with two attached hydrogens (primary N) is 1. The number of rotatable bonds is 3. The average molecular weight is 278 g/mol. The van der Waals surface area contributed by atoms with Gasteiger partial charge in [-0.1, -0.05) is 39.6 Å². The zero-order valence-corrected chi connectivity index (χ0v) is 11.7. The lowest BCUT2D eigenvalue weighted by molar-refractivity contribution is -0.152. The minimum Gasteiger partial charge on any atom is -0.459 e. The summed E-state index contributed by atoms with van der Waals surface area (Å²) in [6.45, 7) is 1.75. The van der Waals surface area contributed by atoms with Gasteiger partial charge in [-0.2, -0.15) is 0 Å². The molecule has 5 nitrogen and oxygen atoms in total. The van der Waals surface area contributed by atoms with Gasteiger partial charge in [0.1, 0.15) is 0 Å². The quantitative estimate of drug-likeness (QED) is 0.391. The molecule has 19 heavy (non-hydrogen) atoms. The van der Waals surface area contributed by atoms with Crippen LogP contribution in [0, 0.1) is 0 Å². The van der Waals surface area contributed by atoms with Crippen LogP contribution in [0.25, 0.3) is 5.70 Å². The molecule has 100 valence electrons. The van der Waals surface area contributed by atoms with Crippen molar-refractivity contribution in [2.75, 3.05) is 6.61 Å². The molecule has 0 aliphatic carbocycles. The number of hydrogen-bond acceptors (Lipinski definition) is 4. The van der Waals surface area contributed by atoms with E-state index < -0.39 is 11.9 Å². The summed E-state index contributed by atoms with van der Waals surface area (Å²) in [4.78, 5) is 26.0. The third kappa shape index (κ3) is 5.02. The summed E-state index contributed by atoms with van der Waals surface area (Å²) in [5, 5.41) is 0. The SMILES string of the molecule is CCOC(=O)C(=O)N=C(P)/C=C(\N)c1ccccc1. The van der Waals surface area contributed by atoms with E-state index >= 15 is 0 Å². The molecular formula is C13H15N2O3P. The van der Waals surface area contributed by atoms with Gasteiger partial charge in [-0.3, -0.25) is 4.79 Å². The Balaban J connectivity index is 2.81. The van der Waals surface area contributed by atoms with Crippen molar-refractivity contribution in [1.29, 1.82) is 0 Å². The van der Waals surface area contributed by atoms with E-state index in [1.165, 1.54) is 6.08 Å². The number of allylic oxidation sites excluding steroid dienone is 1. The second-order valence-corrected chi connectivity index (χ2v) is 4.12. The lowest BCUT2D eigenvalue weighted by Gasteiger charge is -2.01. The van der Waals surface area contributed by atoms with Gasteiger partial charge in [-0.15, -0.1) is 0 Å². The lowest BCUT2D eigenvalue weighted by atomic mass is 10.1. The smallest absolute Gasteiger partial charge is 0.399 e. The molecule has 0 heterocycles. The molecule has 0 fully saturated rings. The highest BCUT2D eigenvalue weighted by molar-refractivity contribution is 7.41. The summed E-state index contributed by atoms with van der Waals surface area (Å²) in [7, 11) is 2.24. The van der Waals surface area contributed by atoms with E-state index in [9.17, 15) is 9.59 Å². The van der Waals surface area contributed by atoms with E-state index in [1.54, 1.807) is 6.92 Å². The monoisotopic (exact) mass is 278 g/mol. The highest BCUT2D eigenvalue weighted by Crippen LogP contribution is 2.09. The first kappa shape index (κ1) is 15.1. The average Bonchev–Trinajstić information content (AvgIpc) is 2.39. The number of carbonyl (C=O) groups is 2. The van der Waals surface area contributed by atoms with Crippen molar-refractivity contribution in [3.63, 3.8) is 0 Å². The molecule has 0 radical (unpaired) electrons. The standard InChI is InChI=1S/C13H15N2O3P/c1-2-18-13(17)12(16)15-11(19)8-10(14)9-6-4-3-5-7-9/h3-8H,2,14,19H2,1H3/b10-8-,15-11?. The summed E-state index contributed by atoms with van der Waals surface area (Å²) < 4.78 is 4.54. The molecule has 0 aromatic heterocycles. The Hall–Kier alpha value is -2.00. The van der Waals surface area contributed by atoms with Crippen LogP contribution in [0.1, 0.15) is 12.5 Å². The maximum absolute atomic E-state index is 11.3. The van der Waals surface area contributed by atoms with Gasteiger partial charge in [0, 0.05) is 5.70 Å². The molecule has 0 aliphatic heterocycles. The maximum Gasteiger partial charge on any atom is 0.399 e. The van der Waals surface area contributed by atoms with Crippen LogP contribution < -0.4 is 5.73 Å². The number of amides is 1. The van der Waals surface area contributed by atoms with Crippen LogP contribution in [0.3, 0.4) is 0 Å². The zero-order valence-electron chi connectivity index (χ0n) is 10.5. The first-order valence-electron chi connectivity index (χ1n) is 5.62. The van der Waals surface area contributed by atoms with Crippen LogP contribution in [-0.2, 0) is 14.3 Å². The molecule has 0 spiro atoms. The minimum absolute atomic E-state index is 0.133. The van der Waals surface area contributed by atoms with Crippen LogP contribution in [0.2, 0.25) is 0 Å². The molecule has 0 aliphatic rings. The van der Waals surface area contributed by atoms with Crippen molar-refractivity contribution in [3.8, 4) is 0 Å². The van der Waals surface area contributed by atoms with Gasteiger partial charge in [0.05, 0.1) is 12.1 Å². The number of carbonyl (C=O) groups excluding carboxylic acids is 2. The maximum atomic E-state index is 11.3. The van der Waals surface area contributed by atoms with Crippen LogP contribution >= 0.6 is 9.24 Å². The summed E-state index contributed by atoms with van der Waals surface area (Å²) >= 11 is 0. The predicted molar refractivity (Wildman–Crippen MR) is 77.4 cm³/mol. The molecule has 0 bridgehead atoms. The van der Waals surface area contributed by atoms with Crippen LogP contribution in [0.4, 0.5) is 0 Å². The molecular weight excluding hydrogens is 263 g/mol. The highest BCUT2D eigenvalue weighted by atomic mass is 31.0. The largest absolute Gasteiger partial charge is 0.459 e. The molecule has 1 amide bonds. The fourth-order valence-electron chi connectivity index (χ4n) is 1.26. The first-order valence-corrected chi connectivity index (χ1v) is 6.20. The van der Waals surface area contributed by atoms with Gasteiger partial charge < -0.3 is 10.5 Å². The molecule has 1 aromatic rings. The number of esters is 1. The molecule has 0 saturated carbocycles. The molecule has 1 atom stereocenters. The van der Waals surface area contributed by atoms with Crippen molar-refractivity contribution in [2.24, 2.45) is 10.7 Å². The normalized spacial score (nSPS) is 12.1. The predicted octanol–water partition coefficient (Wildman–Crippen LogP) is 1.35. The summed E-state index contributed by atoms with van der Waals surface area (Å²) in [5.74, 6) is -1.93. The summed E-state index contributed by atoms with van der Waals surface area (Å²) in [5.41, 5.74) is 7.37. The van der Waals surface area contributed by atoms with Gasteiger partial charge in [0.15, 0.2) is 0 Å². The minimum atomic E-state index is -0.978. The molecule has 1 rings (SSSR count). The molecule has 1 aromatic carbocycles. The Bertz CT molecular complexity index is 524. The van der Waals surface area contributed by atoms with Crippen molar-refractivity contribution in [1.82, 2.24) is 0 Å². The number of nitrogens with zero attached hydrogens (tertiary/aromatic N) is 1. The highest BCUT2D eigenvalue weighted by Gasteiger charge is 2.13. The second-order valence-electron chi connectivity index (χ2n) is 3.53. The Labute approximate surface area is 113 Å². The summed E-state index contributed by atoms with van der Waals surface area (Å²) in [6.07, 6.45) is 1.50. The lowest BCUT2D eigenvalue weighted by Crippen LogP contribution is -2.15. The van der Waals surface area contributed by atoms with E-state index in [2.05, 4.69) is 19.0 Å². The Morgan fingerprint density at radius 2 is 2.00 bits per heavy atom. The third-order valence-corrected chi connectivity index (χ3v) is 2.39. The Kier molecular flexibility index (Phi) is 5.90. The third-order valence-electron chi connectivity index (χ3n) is 2.09. The van der Waals surface area contributed by atoms with Crippen LogP contribution in [0.5, 0.6) is 0 Å². The van der Waals surface area contributed by atoms with Gasteiger partial charge >= 0.3 is 11.9 Å². The van der Waals surface area contributed by atoms with Crippen molar-refractivity contribution in [3.05, 3.63) is 42.0 Å². The van der Waals surface area contributed by atoms with Gasteiger partial charge in [0.25, 0.3) is 0 Å². The van der Waals surface area contributed by atoms with Gasteiger partial charge in [-0.25, -0.2) is 9.79 Å². The summed E-state index contributed by atoms with van der Waals surface area (Å²) in [6, 6.07) is 9.23. The van der Waals surface area contributed by atoms with Crippen molar-refractivity contribution < 1.29 is 14.3 Å². The number of ether oxygens (including phenoxy) is 1. The van der Waals surface area contributed by atoms with E-state index in [0.29, 0.717) is 5.70 Å². The van der Waals surface area contributed by atoms with Crippen molar-refractivity contribution >= 4 is 32.3 Å². The Morgan fingerprint density at radius 3 is 2.58 bits per heavy atom. The zero-order chi connectivity index (χ0) is 14.3. The number of aliphatic imine (C=N–C) groups is 1. The molecule has 1 unspecified atom stereocenters. The molecule has 6 heteroatoms. The van der Waals surface area contributed by atoms with Crippen LogP contribution in [0.15, 0.2) is 41.4 Å². The molecule has 0 saturated heterocycles. The fraction of sp³-hybridized carbons (Fsp3) is 0.154. The van der Waals surface area contributed by atoms with Gasteiger partial charge in [-0.05, 0) is 18.6 Å². The number of hydrogen-bond donors (Lipinski definition) is 1. The van der Waals surface area contributed by atoms with E-state index in [-0.39, 0.29) is 12.1 Å². The second kappa shape index (κ2) is 7.44. The molecule has 2 N–H and O–H groups in total. The van der Waals surface area contributed by atoms with E-state index in [0.717, 1.165) is 5.56 Å². The first-order chi connectivity index (χ1) is 9.04. The van der Waals surface area contributed by atoms with Crippen molar-refractivity contribution in [2.45, 2.75) is 6.92 Å². The van der Waals surface area contributed by atoms with Gasteiger partial charge in [0.2, 0.25) is 0 Å². The van der Waals surface area contributed by atoms with E-state index in [1.807, 2.05) is 30.3 Å². The number of benzene rings is 1. The van der Waals surface area contributed by atoms with E-state index in [4.69, 9.17) is 5.73 Å². The van der Waals surface area contributed by atoms with Crippen LogP contribution in [-0.4, -0.2) is 23.9 Å². The topological polar surface area (TPSA) is 81.8 Å². The fourth-order valence-corrected chi connectivity index (χ4v) is 1.56.